The summed E-state index contributed by atoms with van der Waals surface area (Å²) in [5, 5.41) is 3.20. The summed E-state index contributed by atoms with van der Waals surface area (Å²) in [6.07, 6.45) is 1.64. The highest BCUT2D eigenvalue weighted by Crippen LogP contribution is 2.39. The highest BCUT2D eigenvalue weighted by molar-refractivity contribution is 8.14. The molecule has 0 spiro atoms. The van der Waals surface area contributed by atoms with Crippen LogP contribution >= 0.6 is 11.8 Å². The number of nitrogens with zero attached hydrogens (tertiary/aromatic N) is 2. The number of hydrogen-bond donors (Lipinski definition) is 1. The Morgan fingerprint density at radius 3 is 2.15 bits per heavy atom. The molecule has 0 atom stereocenters. The number of aliphatic imine (C=N–C) groups is 1. The number of hydrogen-bond acceptors (Lipinski definition) is 9. The summed E-state index contributed by atoms with van der Waals surface area (Å²) < 4.78 is 26.9. The van der Waals surface area contributed by atoms with E-state index in [1.54, 1.807) is 55.7 Å². The number of ether oxygens (including phenoxy) is 5. The Morgan fingerprint density at radius 2 is 1.55 bits per heavy atom. The van der Waals surface area contributed by atoms with Crippen LogP contribution in [0, 0.1) is 0 Å². The molecule has 4 rings (SSSR count). The molecule has 0 unspecified atom stereocenters. The number of amidine groups is 1. The van der Waals surface area contributed by atoms with Crippen LogP contribution in [-0.2, 0) is 9.59 Å². The smallest absolute Gasteiger partial charge is 0.283 e. The van der Waals surface area contributed by atoms with Gasteiger partial charge in [0.15, 0.2) is 16.7 Å². The number of carbonyl (C=O) groups excluding carboxylic acids is 2. The molecule has 208 valence electrons. The van der Waals surface area contributed by atoms with Gasteiger partial charge in [-0.3, -0.25) is 14.5 Å². The number of carbonyl (C=O) groups is 2. The average molecular weight is 564 g/mol. The van der Waals surface area contributed by atoms with Crippen molar-refractivity contribution in [3.8, 4) is 28.7 Å². The molecule has 0 aromatic heterocycles. The molecular weight excluding hydrogens is 534 g/mol. The van der Waals surface area contributed by atoms with Gasteiger partial charge in [0.1, 0.15) is 17.2 Å². The van der Waals surface area contributed by atoms with Gasteiger partial charge >= 0.3 is 0 Å². The number of para-hydroxylation sites is 1. The number of methoxy groups -OCH3 is 5. The average Bonchev–Trinajstić information content (AvgIpc) is 3.29. The first kappa shape index (κ1) is 28.4. The van der Waals surface area contributed by atoms with Crippen molar-refractivity contribution in [2.75, 3.05) is 51.5 Å². The maximum atomic E-state index is 13.6. The SMILES string of the molecule is COc1ccc(OC)c(NC(=O)CSC2=NC(=Cc3cc(OC)c(OC)c(OC)c3)C(=O)N2c2ccccc2)c1. The number of anilines is 2. The molecule has 1 aliphatic rings. The van der Waals surface area contributed by atoms with E-state index in [1.165, 1.54) is 33.3 Å². The van der Waals surface area contributed by atoms with E-state index in [0.29, 0.717) is 50.9 Å². The fourth-order valence-corrected chi connectivity index (χ4v) is 4.78. The Bertz CT molecular complexity index is 1430. The van der Waals surface area contributed by atoms with Crippen molar-refractivity contribution >= 4 is 46.2 Å². The summed E-state index contributed by atoms with van der Waals surface area (Å²) in [5.74, 6) is 1.76. The monoisotopic (exact) mass is 563 g/mol. The number of rotatable bonds is 10. The maximum Gasteiger partial charge on any atom is 0.283 e. The Labute approximate surface area is 236 Å². The Balaban J connectivity index is 1.62. The van der Waals surface area contributed by atoms with Crippen molar-refractivity contribution in [1.29, 1.82) is 0 Å². The van der Waals surface area contributed by atoms with Gasteiger partial charge in [0.2, 0.25) is 11.7 Å². The normalized spacial score (nSPS) is 13.6. The highest BCUT2D eigenvalue weighted by Gasteiger charge is 2.32. The molecule has 11 heteroatoms. The number of nitrogens with one attached hydrogen (secondary N) is 1. The summed E-state index contributed by atoms with van der Waals surface area (Å²) in [6.45, 7) is 0. The largest absolute Gasteiger partial charge is 0.497 e. The van der Waals surface area contributed by atoms with Gasteiger partial charge in [-0.25, -0.2) is 4.99 Å². The third-order valence-electron chi connectivity index (χ3n) is 5.85. The lowest BCUT2D eigenvalue weighted by atomic mass is 10.1. The second kappa shape index (κ2) is 12.9. The molecule has 0 radical (unpaired) electrons. The minimum Gasteiger partial charge on any atom is -0.497 e. The van der Waals surface area contributed by atoms with Crippen molar-refractivity contribution in [1.82, 2.24) is 0 Å². The minimum atomic E-state index is -0.336. The van der Waals surface area contributed by atoms with E-state index in [2.05, 4.69) is 10.3 Å². The van der Waals surface area contributed by atoms with Gasteiger partial charge in [-0.15, -0.1) is 0 Å². The molecule has 3 aromatic rings. The van der Waals surface area contributed by atoms with Crippen LogP contribution in [0.15, 0.2) is 71.4 Å². The Hall–Kier alpha value is -4.64. The predicted octanol–water partition coefficient (Wildman–Crippen LogP) is 4.85. The van der Waals surface area contributed by atoms with Crippen LogP contribution in [-0.4, -0.2) is 58.3 Å². The molecule has 1 N–H and O–H groups in total. The quantitative estimate of drug-likeness (QED) is 0.349. The molecule has 40 heavy (non-hydrogen) atoms. The summed E-state index contributed by atoms with van der Waals surface area (Å²) in [7, 11) is 7.62. The molecule has 0 bridgehead atoms. The highest BCUT2D eigenvalue weighted by atomic mass is 32.2. The molecule has 2 amide bonds. The number of thioether (sulfide) groups is 1. The van der Waals surface area contributed by atoms with Crippen LogP contribution in [0.5, 0.6) is 28.7 Å². The molecule has 0 aliphatic carbocycles. The third kappa shape index (κ3) is 6.15. The molecule has 0 saturated carbocycles. The first-order valence-electron chi connectivity index (χ1n) is 12.1. The van der Waals surface area contributed by atoms with E-state index in [0.717, 1.165) is 11.8 Å². The number of amides is 2. The van der Waals surface area contributed by atoms with E-state index in [9.17, 15) is 9.59 Å². The van der Waals surface area contributed by atoms with E-state index in [-0.39, 0.29) is 23.3 Å². The second-order valence-corrected chi connectivity index (χ2v) is 9.20. The first-order valence-corrected chi connectivity index (χ1v) is 13.1. The first-order chi connectivity index (χ1) is 19.4. The van der Waals surface area contributed by atoms with Crippen molar-refractivity contribution < 1.29 is 33.3 Å². The standard InChI is InChI=1S/C29H29N3O7S/c1-35-20-11-12-23(36-2)21(16-20)30-26(33)17-40-29-31-22(28(34)32(29)19-9-7-6-8-10-19)13-18-14-24(37-3)27(39-5)25(15-18)38-4/h6-16H,17H2,1-5H3,(H,30,33). The van der Waals surface area contributed by atoms with Crippen molar-refractivity contribution in [3.05, 3.63) is 71.9 Å². The van der Waals surface area contributed by atoms with Crippen LogP contribution in [0.3, 0.4) is 0 Å². The van der Waals surface area contributed by atoms with Gasteiger partial charge < -0.3 is 29.0 Å². The van der Waals surface area contributed by atoms with Crippen molar-refractivity contribution in [3.63, 3.8) is 0 Å². The van der Waals surface area contributed by atoms with Crippen LogP contribution in [0.25, 0.3) is 6.08 Å². The Morgan fingerprint density at radius 1 is 0.875 bits per heavy atom. The Kier molecular flexibility index (Phi) is 9.18. The van der Waals surface area contributed by atoms with Crippen molar-refractivity contribution in [2.45, 2.75) is 0 Å². The van der Waals surface area contributed by atoms with Crippen LogP contribution in [0.4, 0.5) is 11.4 Å². The number of benzene rings is 3. The van der Waals surface area contributed by atoms with E-state index < -0.39 is 0 Å². The lowest BCUT2D eigenvalue weighted by molar-refractivity contribution is -0.114. The maximum absolute atomic E-state index is 13.6. The minimum absolute atomic E-state index is 0.00667. The van der Waals surface area contributed by atoms with E-state index in [4.69, 9.17) is 23.7 Å². The molecule has 3 aromatic carbocycles. The fourth-order valence-electron chi connectivity index (χ4n) is 3.97. The van der Waals surface area contributed by atoms with Gasteiger partial charge in [-0.2, -0.15) is 0 Å². The van der Waals surface area contributed by atoms with Gasteiger partial charge in [0, 0.05) is 6.07 Å². The molecule has 1 aliphatic heterocycles. The van der Waals surface area contributed by atoms with Crippen LogP contribution in [0.1, 0.15) is 5.56 Å². The predicted molar refractivity (Wildman–Crippen MR) is 156 cm³/mol. The third-order valence-corrected chi connectivity index (χ3v) is 6.79. The summed E-state index contributed by atoms with van der Waals surface area (Å²) >= 11 is 1.14. The van der Waals surface area contributed by atoms with Crippen LogP contribution in [0.2, 0.25) is 0 Å². The van der Waals surface area contributed by atoms with Gasteiger partial charge in [-0.05, 0) is 48.0 Å². The van der Waals surface area contributed by atoms with E-state index in [1.807, 2.05) is 18.2 Å². The van der Waals surface area contributed by atoms with Gasteiger partial charge in [0.25, 0.3) is 5.91 Å². The zero-order valence-electron chi connectivity index (χ0n) is 22.7. The molecule has 1 heterocycles. The lowest BCUT2D eigenvalue weighted by Crippen LogP contribution is -2.31. The summed E-state index contributed by atoms with van der Waals surface area (Å²) in [5.41, 5.74) is 1.92. The summed E-state index contributed by atoms with van der Waals surface area (Å²) in [6, 6.07) is 17.7. The van der Waals surface area contributed by atoms with Gasteiger partial charge in [0.05, 0.1) is 52.7 Å². The van der Waals surface area contributed by atoms with Crippen molar-refractivity contribution in [2.24, 2.45) is 4.99 Å². The van der Waals surface area contributed by atoms with Gasteiger partial charge in [-0.1, -0.05) is 30.0 Å². The lowest BCUT2D eigenvalue weighted by Gasteiger charge is -2.18. The second-order valence-electron chi connectivity index (χ2n) is 8.26. The molecular formula is C29H29N3O7S. The zero-order chi connectivity index (χ0) is 28.6. The van der Waals surface area contributed by atoms with Crippen LogP contribution < -0.4 is 33.9 Å². The fraction of sp³-hybridized carbons (Fsp3) is 0.207. The molecule has 10 nitrogen and oxygen atoms in total. The molecule has 0 saturated heterocycles. The molecule has 0 fully saturated rings. The summed E-state index contributed by atoms with van der Waals surface area (Å²) in [4.78, 5) is 32.5. The van der Waals surface area contributed by atoms with E-state index >= 15 is 0 Å². The zero-order valence-corrected chi connectivity index (χ0v) is 23.5. The topological polar surface area (TPSA) is 108 Å².